The minimum atomic E-state index is -2.96. The van der Waals surface area contributed by atoms with Crippen molar-refractivity contribution >= 4 is 20.7 Å². The number of nitrogens with one attached hydrogen (secondary N) is 2. The number of para-hydroxylation sites is 1. The van der Waals surface area contributed by atoms with E-state index in [0.29, 0.717) is 0 Å². The number of H-pyrrole nitrogens is 1. The average molecular weight is 320 g/mol. The summed E-state index contributed by atoms with van der Waals surface area (Å²) in [6.07, 6.45) is 8.25. The van der Waals surface area contributed by atoms with E-state index in [4.69, 9.17) is 0 Å². The minimum absolute atomic E-state index is 0.106. The molecule has 2 N–H and O–H groups in total. The van der Waals surface area contributed by atoms with Gasteiger partial charge in [0.25, 0.3) is 0 Å². The molecule has 3 rings (SSSR count). The predicted molar refractivity (Wildman–Crippen MR) is 90.9 cm³/mol. The van der Waals surface area contributed by atoms with Crippen LogP contribution in [0.3, 0.4) is 0 Å². The van der Waals surface area contributed by atoms with Crippen molar-refractivity contribution in [2.24, 2.45) is 0 Å². The third-order valence-electron chi connectivity index (χ3n) is 4.73. The molecule has 0 saturated heterocycles. The number of hydrogen-bond acceptors (Lipinski definition) is 3. The SMILES string of the molecule is CS(=O)(=O)[C@@H]1CCCC[C@H]1NCCc1c[nH]c2ccccc12. The van der Waals surface area contributed by atoms with Crippen LogP contribution in [0.2, 0.25) is 0 Å². The Morgan fingerprint density at radius 3 is 2.82 bits per heavy atom. The van der Waals surface area contributed by atoms with E-state index in [-0.39, 0.29) is 11.3 Å². The highest BCUT2D eigenvalue weighted by Gasteiger charge is 2.32. The maximum Gasteiger partial charge on any atom is 0.151 e. The molecule has 1 fully saturated rings. The zero-order valence-electron chi connectivity index (χ0n) is 13.0. The molecule has 2 aromatic rings. The molecule has 0 unspecified atom stereocenters. The highest BCUT2D eigenvalue weighted by Crippen LogP contribution is 2.24. The van der Waals surface area contributed by atoms with Crippen molar-refractivity contribution in [3.8, 4) is 0 Å². The molecule has 4 nitrogen and oxygen atoms in total. The molecule has 22 heavy (non-hydrogen) atoms. The molecule has 2 atom stereocenters. The van der Waals surface area contributed by atoms with Crippen molar-refractivity contribution in [3.63, 3.8) is 0 Å². The second-order valence-electron chi connectivity index (χ2n) is 6.32. The molecule has 1 aliphatic carbocycles. The summed E-state index contributed by atoms with van der Waals surface area (Å²) in [5.41, 5.74) is 2.44. The predicted octanol–water partition coefficient (Wildman–Crippen LogP) is 2.66. The lowest BCUT2D eigenvalue weighted by Gasteiger charge is -2.31. The van der Waals surface area contributed by atoms with Crippen LogP contribution in [-0.4, -0.2) is 37.5 Å². The minimum Gasteiger partial charge on any atom is -0.361 e. The first-order chi connectivity index (χ1) is 10.6. The van der Waals surface area contributed by atoms with Gasteiger partial charge in [-0.1, -0.05) is 31.0 Å². The Hall–Kier alpha value is -1.33. The van der Waals surface area contributed by atoms with Gasteiger partial charge in [0.05, 0.1) is 5.25 Å². The molecule has 120 valence electrons. The molecule has 0 aliphatic heterocycles. The molecule has 5 heteroatoms. The van der Waals surface area contributed by atoms with Crippen LogP contribution in [0.4, 0.5) is 0 Å². The van der Waals surface area contributed by atoms with Gasteiger partial charge in [0.15, 0.2) is 9.84 Å². The molecule has 1 saturated carbocycles. The summed E-state index contributed by atoms with van der Waals surface area (Å²) in [6.45, 7) is 0.818. The van der Waals surface area contributed by atoms with Crippen LogP contribution in [0.1, 0.15) is 31.2 Å². The number of benzene rings is 1. The van der Waals surface area contributed by atoms with Crippen LogP contribution in [0.25, 0.3) is 10.9 Å². The highest BCUT2D eigenvalue weighted by atomic mass is 32.2. The van der Waals surface area contributed by atoms with Gasteiger partial charge in [-0.2, -0.15) is 0 Å². The number of sulfone groups is 1. The molecular formula is C17H24N2O2S. The van der Waals surface area contributed by atoms with E-state index in [9.17, 15) is 8.42 Å². The van der Waals surface area contributed by atoms with Crippen molar-refractivity contribution in [3.05, 3.63) is 36.0 Å². The van der Waals surface area contributed by atoms with E-state index >= 15 is 0 Å². The van der Waals surface area contributed by atoms with Crippen LogP contribution in [0, 0.1) is 0 Å². The molecule has 0 spiro atoms. The summed E-state index contributed by atoms with van der Waals surface area (Å²) in [5, 5.41) is 4.53. The molecule has 1 heterocycles. The summed E-state index contributed by atoms with van der Waals surface area (Å²) < 4.78 is 23.8. The fourth-order valence-electron chi connectivity index (χ4n) is 3.57. The Bertz CT molecular complexity index is 736. The molecule has 0 amide bonds. The Labute approximate surface area is 132 Å². The normalized spacial score (nSPS) is 23.0. The Balaban J connectivity index is 1.62. The van der Waals surface area contributed by atoms with Crippen LogP contribution >= 0.6 is 0 Å². The van der Waals surface area contributed by atoms with Gasteiger partial charge in [0.2, 0.25) is 0 Å². The summed E-state index contributed by atoms with van der Waals surface area (Å²) in [6, 6.07) is 8.38. The summed E-state index contributed by atoms with van der Waals surface area (Å²) in [4.78, 5) is 3.29. The number of rotatable bonds is 5. The zero-order chi connectivity index (χ0) is 15.6. The second kappa shape index (κ2) is 6.42. The van der Waals surface area contributed by atoms with Gasteiger partial charge in [-0.25, -0.2) is 8.42 Å². The lowest BCUT2D eigenvalue weighted by molar-refractivity contribution is 0.374. The second-order valence-corrected chi connectivity index (χ2v) is 8.59. The van der Waals surface area contributed by atoms with Gasteiger partial charge in [0.1, 0.15) is 0 Å². The van der Waals surface area contributed by atoms with E-state index in [1.807, 2.05) is 12.1 Å². The maximum atomic E-state index is 11.9. The first kappa shape index (κ1) is 15.6. The van der Waals surface area contributed by atoms with Gasteiger partial charge in [0, 0.05) is 29.4 Å². The van der Waals surface area contributed by atoms with E-state index in [1.165, 1.54) is 17.2 Å². The van der Waals surface area contributed by atoms with Gasteiger partial charge in [-0.05, 0) is 37.4 Å². The lowest BCUT2D eigenvalue weighted by Crippen LogP contribution is -2.46. The van der Waals surface area contributed by atoms with E-state index in [2.05, 4.69) is 28.6 Å². The number of aromatic nitrogens is 1. The summed E-state index contributed by atoms with van der Waals surface area (Å²) >= 11 is 0. The first-order valence-electron chi connectivity index (χ1n) is 8.03. The van der Waals surface area contributed by atoms with Crippen LogP contribution in [0.15, 0.2) is 30.5 Å². The molecule has 1 aliphatic rings. The van der Waals surface area contributed by atoms with Gasteiger partial charge in [-0.15, -0.1) is 0 Å². The van der Waals surface area contributed by atoms with E-state index in [0.717, 1.165) is 44.2 Å². The van der Waals surface area contributed by atoms with Crippen molar-refractivity contribution in [2.75, 3.05) is 12.8 Å². The monoisotopic (exact) mass is 320 g/mol. The quantitative estimate of drug-likeness (QED) is 0.890. The molecule has 1 aromatic heterocycles. The summed E-state index contributed by atoms with van der Waals surface area (Å²) in [7, 11) is -2.96. The molecule has 1 aromatic carbocycles. The van der Waals surface area contributed by atoms with Gasteiger partial charge in [-0.3, -0.25) is 0 Å². The lowest BCUT2D eigenvalue weighted by atomic mass is 9.94. The Morgan fingerprint density at radius 2 is 2.00 bits per heavy atom. The largest absolute Gasteiger partial charge is 0.361 e. The number of fused-ring (bicyclic) bond motifs is 1. The Morgan fingerprint density at radius 1 is 1.23 bits per heavy atom. The van der Waals surface area contributed by atoms with Crippen molar-refractivity contribution in [1.82, 2.24) is 10.3 Å². The molecular weight excluding hydrogens is 296 g/mol. The maximum absolute atomic E-state index is 11.9. The zero-order valence-corrected chi connectivity index (χ0v) is 13.8. The van der Waals surface area contributed by atoms with Crippen molar-refractivity contribution < 1.29 is 8.42 Å². The van der Waals surface area contributed by atoms with Crippen LogP contribution in [-0.2, 0) is 16.3 Å². The van der Waals surface area contributed by atoms with Gasteiger partial charge >= 0.3 is 0 Å². The fourth-order valence-corrected chi connectivity index (χ4v) is 5.00. The van der Waals surface area contributed by atoms with Crippen molar-refractivity contribution in [2.45, 2.75) is 43.4 Å². The standard InChI is InChI=1S/C17H24N2O2S/c1-22(20,21)17-9-5-4-8-16(17)18-11-10-13-12-19-15-7-3-2-6-14(13)15/h2-3,6-7,12,16-19H,4-5,8-11H2,1H3/t16-,17-/m1/s1. The topological polar surface area (TPSA) is 62.0 Å². The summed E-state index contributed by atoms with van der Waals surface area (Å²) in [5.74, 6) is 0. The van der Waals surface area contributed by atoms with E-state index < -0.39 is 9.84 Å². The first-order valence-corrected chi connectivity index (χ1v) is 9.98. The molecule has 0 bridgehead atoms. The highest BCUT2D eigenvalue weighted by molar-refractivity contribution is 7.91. The number of aromatic amines is 1. The fraction of sp³-hybridized carbons (Fsp3) is 0.529. The third-order valence-corrected chi connectivity index (χ3v) is 6.39. The van der Waals surface area contributed by atoms with Crippen molar-refractivity contribution in [1.29, 1.82) is 0 Å². The third kappa shape index (κ3) is 3.36. The van der Waals surface area contributed by atoms with E-state index in [1.54, 1.807) is 0 Å². The molecule has 0 radical (unpaired) electrons. The van der Waals surface area contributed by atoms with Crippen LogP contribution < -0.4 is 5.32 Å². The van der Waals surface area contributed by atoms with Crippen LogP contribution in [0.5, 0.6) is 0 Å². The number of hydrogen-bond donors (Lipinski definition) is 2. The van der Waals surface area contributed by atoms with Gasteiger partial charge < -0.3 is 10.3 Å². The Kier molecular flexibility index (Phi) is 4.54. The smallest absolute Gasteiger partial charge is 0.151 e. The average Bonchev–Trinajstić information content (AvgIpc) is 2.90.